The lowest BCUT2D eigenvalue weighted by Gasteiger charge is -2.15. The summed E-state index contributed by atoms with van der Waals surface area (Å²) in [5, 5.41) is 3.95. The van der Waals surface area contributed by atoms with E-state index in [1.54, 1.807) is 0 Å². The van der Waals surface area contributed by atoms with Gasteiger partial charge in [-0.15, -0.1) is 0 Å². The van der Waals surface area contributed by atoms with Crippen molar-refractivity contribution in [2.75, 3.05) is 14.2 Å². The highest BCUT2D eigenvalue weighted by Gasteiger charge is 2.28. The van der Waals surface area contributed by atoms with Crippen molar-refractivity contribution >= 4 is 21.8 Å². The molecule has 0 heterocycles. The van der Waals surface area contributed by atoms with Crippen LogP contribution in [0, 0.1) is 5.41 Å². The van der Waals surface area contributed by atoms with E-state index in [4.69, 9.17) is 14.9 Å². The molecule has 0 saturated carbocycles. The quantitative estimate of drug-likeness (QED) is 0.528. The zero-order valence-electron chi connectivity index (χ0n) is 9.09. The summed E-state index contributed by atoms with van der Waals surface area (Å²) in [6, 6.07) is 4.07. The lowest BCUT2D eigenvalue weighted by molar-refractivity contribution is -0.0814. The third-order valence-corrected chi connectivity index (χ3v) is 2.02. The van der Waals surface area contributed by atoms with E-state index in [0.717, 1.165) is 0 Å². The number of rotatable bonds is 4. The van der Waals surface area contributed by atoms with Crippen molar-refractivity contribution in [3.05, 3.63) is 23.8 Å². The summed E-state index contributed by atoms with van der Waals surface area (Å²) in [4.78, 5) is 0. The molecule has 1 rings (SSSR count). The summed E-state index contributed by atoms with van der Waals surface area (Å²) in [6.45, 7) is 0. The molecule has 0 spiro atoms. The van der Waals surface area contributed by atoms with E-state index >= 15 is 0 Å². The zero-order valence-corrected chi connectivity index (χ0v) is 10.7. The van der Waals surface area contributed by atoms with Crippen LogP contribution in [0.2, 0.25) is 0 Å². The van der Waals surface area contributed by atoms with E-state index in [1.165, 1.54) is 32.4 Å². The van der Waals surface area contributed by atoms with Crippen LogP contribution in [-0.2, 0) is 4.74 Å². The van der Waals surface area contributed by atoms with Crippen molar-refractivity contribution < 1.29 is 23.0 Å². The molecule has 4 nitrogen and oxygen atoms in total. The number of methoxy groups -OCH3 is 2. The second kappa shape index (κ2) is 5.31. The zero-order chi connectivity index (χ0) is 13.1. The van der Waals surface area contributed by atoms with E-state index in [9.17, 15) is 8.78 Å². The van der Waals surface area contributed by atoms with Crippen LogP contribution >= 0.6 is 15.9 Å². The van der Waals surface area contributed by atoms with Crippen molar-refractivity contribution in [2.24, 2.45) is 0 Å². The Balaban J connectivity index is 3.05. The van der Waals surface area contributed by atoms with Crippen LogP contribution in [0.25, 0.3) is 0 Å². The molecule has 7 heteroatoms. The first-order valence-electron chi connectivity index (χ1n) is 4.44. The van der Waals surface area contributed by atoms with Crippen molar-refractivity contribution in [3.8, 4) is 11.5 Å². The van der Waals surface area contributed by atoms with Crippen molar-refractivity contribution in [1.29, 1.82) is 5.41 Å². The van der Waals surface area contributed by atoms with E-state index in [1.807, 2.05) is 0 Å². The van der Waals surface area contributed by atoms with Crippen LogP contribution in [-0.4, -0.2) is 25.1 Å². The average molecular weight is 310 g/mol. The van der Waals surface area contributed by atoms with Gasteiger partial charge in [0.15, 0.2) is 11.5 Å². The van der Waals surface area contributed by atoms with Gasteiger partial charge in [-0.1, -0.05) is 0 Å². The fourth-order valence-corrected chi connectivity index (χ4v) is 1.31. The summed E-state index contributed by atoms with van der Waals surface area (Å²) >= 11 is 2.06. The largest absolute Gasteiger partial charge is 0.493 e. The summed E-state index contributed by atoms with van der Waals surface area (Å²) in [5.41, 5.74) is 0.398. The second-order valence-electron chi connectivity index (χ2n) is 2.95. The fraction of sp³-hybridized carbons (Fsp3) is 0.300. The Morgan fingerprint density at radius 3 is 2.41 bits per heavy atom. The van der Waals surface area contributed by atoms with Gasteiger partial charge in [0.1, 0.15) is 0 Å². The number of hydrogen-bond donors (Lipinski definition) is 1. The van der Waals surface area contributed by atoms with Gasteiger partial charge in [0.2, 0.25) is 5.90 Å². The number of ether oxygens (including phenoxy) is 3. The van der Waals surface area contributed by atoms with Crippen LogP contribution in [0.15, 0.2) is 18.2 Å². The van der Waals surface area contributed by atoms with Crippen LogP contribution < -0.4 is 9.47 Å². The van der Waals surface area contributed by atoms with Crippen molar-refractivity contribution in [2.45, 2.75) is 5.02 Å². The maximum Gasteiger partial charge on any atom is 0.459 e. The lowest BCUT2D eigenvalue weighted by Crippen LogP contribution is -2.15. The molecule has 0 aliphatic carbocycles. The number of alkyl halides is 3. The molecule has 1 N–H and O–H groups in total. The van der Waals surface area contributed by atoms with Gasteiger partial charge in [-0.3, -0.25) is 5.41 Å². The van der Waals surface area contributed by atoms with Gasteiger partial charge in [0.05, 0.1) is 14.2 Å². The van der Waals surface area contributed by atoms with Crippen LogP contribution in [0.4, 0.5) is 8.78 Å². The standard InChI is InChI=1S/C10H10BrF2NO3/c1-15-8-5-6(9(14)16-2)3-4-7(8)17-10(11,12)13/h3-5,14H,1-2H3. The molecular formula is C10H10BrF2NO3. The highest BCUT2D eigenvalue weighted by atomic mass is 79.9. The van der Waals surface area contributed by atoms with Crippen LogP contribution in [0.3, 0.4) is 0 Å². The first-order chi connectivity index (χ1) is 7.87. The highest BCUT2D eigenvalue weighted by molar-refractivity contribution is 9.09. The Morgan fingerprint density at radius 2 is 1.94 bits per heavy atom. The molecule has 0 saturated heterocycles. The van der Waals surface area contributed by atoms with E-state index in [0.29, 0.717) is 5.56 Å². The molecule has 0 atom stereocenters. The third-order valence-electron chi connectivity index (χ3n) is 1.86. The fourth-order valence-electron chi connectivity index (χ4n) is 1.14. The van der Waals surface area contributed by atoms with Gasteiger partial charge in [-0.25, -0.2) is 0 Å². The molecule has 0 radical (unpaired) electrons. The number of halogens is 3. The van der Waals surface area contributed by atoms with Gasteiger partial charge in [0, 0.05) is 21.5 Å². The molecule has 0 unspecified atom stereocenters. The molecule has 1 aromatic carbocycles. The SMILES string of the molecule is COC(=N)c1ccc(OC(F)(F)Br)c(OC)c1. The van der Waals surface area contributed by atoms with Crippen LogP contribution in [0.1, 0.15) is 5.56 Å². The molecule has 0 fully saturated rings. The van der Waals surface area contributed by atoms with Gasteiger partial charge >= 0.3 is 5.02 Å². The van der Waals surface area contributed by atoms with E-state index in [2.05, 4.69) is 20.7 Å². The Bertz CT molecular complexity index is 421. The maximum absolute atomic E-state index is 12.6. The monoisotopic (exact) mass is 309 g/mol. The average Bonchev–Trinajstić information content (AvgIpc) is 2.26. The van der Waals surface area contributed by atoms with Crippen LogP contribution in [0.5, 0.6) is 11.5 Å². The van der Waals surface area contributed by atoms with Gasteiger partial charge in [-0.05, 0) is 18.2 Å². The topological polar surface area (TPSA) is 51.5 Å². The van der Waals surface area contributed by atoms with E-state index in [-0.39, 0.29) is 17.4 Å². The Hall–Kier alpha value is -1.37. The number of nitrogens with one attached hydrogen (secondary N) is 1. The lowest BCUT2D eigenvalue weighted by atomic mass is 10.2. The summed E-state index contributed by atoms with van der Waals surface area (Å²) < 4.78 is 39.2. The first kappa shape index (κ1) is 13.7. The smallest absolute Gasteiger partial charge is 0.459 e. The predicted octanol–water partition coefficient (Wildman–Crippen LogP) is 2.99. The maximum atomic E-state index is 12.6. The van der Waals surface area contributed by atoms with Crippen molar-refractivity contribution in [3.63, 3.8) is 0 Å². The Labute approximate surface area is 105 Å². The molecule has 0 aromatic heterocycles. The second-order valence-corrected chi connectivity index (χ2v) is 3.87. The minimum absolute atomic E-state index is 0.0865. The summed E-state index contributed by atoms with van der Waals surface area (Å²) in [5.74, 6) is -0.147. The molecule has 1 aromatic rings. The van der Waals surface area contributed by atoms with Gasteiger partial charge in [0.25, 0.3) is 0 Å². The van der Waals surface area contributed by atoms with Crippen molar-refractivity contribution in [1.82, 2.24) is 0 Å². The molecule has 0 aliphatic heterocycles. The predicted molar refractivity (Wildman–Crippen MR) is 61.3 cm³/mol. The molecule has 17 heavy (non-hydrogen) atoms. The number of hydrogen-bond acceptors (Lipinski definition) is 4. The summed E-state index contributed by atoms with van der Waals surface area (Å²) in [7, 11) is 2.65. The molecule has 94 valence electrons. The first-order valence-corrected chi connectivity index (χ1v) is 5.23. The van der Waals surface area contributed by atoms with E-state index < -0.39 is 5.02 Å². The van der Waals surface area contributed by atoms with Gasteiger partial charge < -0.3 is 14.2 Å². The Kier molecular flexibility index (Phi) is 4.28. The molecule has 0 amide bonds. The molecular weight excluding hydrogens is 300 g/mol. The minimum atomic E-state index is -3.48. The Morgan fingerprint density at radius 1 is 1.29 bits per heavy atom. The normalized spacial score (nSPS) is 10.9. The number of benzene rings is 1. The third kappa shape index (κ3) is 3.85. The molecule has 0 aliphatic rings. The van der Waals surface area contributed by atoms with Gasteiger partial charge in [-0.2, -0.15) is 8.78 Å². The highest BCUT2D eigenvalue weighted by Crippen LogP contribution is 2.34. The summed E-state index contributed by atoms with van der Waals surface area (Å²) in [6.07, 6.45) is 0. The molecule has 0 bridgehead atoms. The minimum Gasteiger partial charge on any atom is -0.493 e.